The molecule has 1 nitrogen and oxygen atoms in total. The Labute approximate surface area is 173 Å². The highest BCUT2D eigenvalue weighted by Gasteiger charge is 2.55. The molecule has 2 fully saturated rings. The number of carbonyl (C=O) groups excluding carboxylic acids is 1. The molecule has 0 radical (unpaired) electrons. The van der Waals surface area contributed by atoms with Crippen molar-refractivity contribution in [1.29, 1.82) is 0 Å². The Hall–Kier alpha value is -0.850. The fourth-order valence-electron chi connectivity index (χ4n) is 8.06. The second-order valence-electron chi connectivity index (χ2n) is 11.5. The van der Waals surface area contributed by atoms with Gasteiger partial charge in [0.1, 0.15) is 5.78 Å². The molecule has 0 N–H and O–H groups in total. The van der Waals surface area contributed by atoms with Crippen molar-refractivity contribution in [3.63, 3.8) is 0 Å². The SMILES string of the molecule is CC(C)=CCC[C@@H](C)C1CCC2C3=C(CC[C@@]21C)[C@@]1(C)CCC(=O)CC1CC3. The minimum Gasteiger partial charge on any atom is -0.300 e. The summed E-state index contributed by atoms with van der Waals surface area (Å²) in [5.74, 6) is 3.74. The van der Waals surface area contributed by atoms with Gasteiger partial charge < -0.3 is 0 Å². The van der Waals surface area contributed by atoms with Gasteiger partial charge in [0.25, 0.3) is 0 Å². The van der Waals surface area contributed by atoms with Gasteiger partial charge in [-0.05, 0) is 106 Å². The molecule has 3 unspecified atom stereocenters. The van der Waals surface area contributed by atoms with E-state index in [0.717, 1.165) is 37.0 Å². The highest BCUT2D eigenvalue weighted by atomic mass is 16.1. The van der Waals surface area contributed by atoms with Crippen LogP contribution in [-0.4, -0.2) is 5.78 Å². The number of ketones is 1. The van der Waals surface area contributed by atoms with Crippen molar-refractivity contribution in [3.05, 3.63) is 22.8 Å². The predicted molar refractivity (Wildman–Crippen MR) is 118 cm³/mol. The van der Waals surface area contributed by atoms with Crippen LogP contribution in [0.2, 0.25) is 0 Å². The summed E-state index contributed by atoms with van der Waals surface area (Å²) < 4.78 is 0. The van der Waals surface area contributed by atoms with Gasteiger partial charge in [0.15, 0.2) is 0 Å². The zero-order valence-electron chi connectivity index (χ0n) is 19.1. The second kappa shape index (κ2) is 7.44. The average Bonchev–Trinajstić information content (AvgIpc) is 2.99. The van der Waals surface area contributed by atoms with Crippen molar-refractivity contribution >= 4 is 5.78 Å². The van der Waals surface area contributed by atoms with Gasteiger partial charge in [-0.1, -0.05) is 43.6 Å². The van der Waals surface area contributed by atoms with E-state index in [1.54, 1.807) is 0 Å². The third-order valence-electron chi connectivity index (χ3n) is 9.74. The quantitative estimate of drug-likeness (QED) is 0.456. The summed E-state index contributed by atoms with van der Waals surface area (Å²) in [6, 6.07) is 0. The van der Waals surface area contributed by atoms with E-state index < -0.39 is 0 Å². The fraction of sp³-hybridized carbons (Fsp3) is 0.815. The number of Topliss-reactive ketones (excluding diaryl/α,β-unsaturated/α-hetero) is 1. The molecule has 0 aromatic rings. The van der Waals surface area contributed by atoms with Crippen LogP contribution >= 0.6 is 0 Å². The molecular formula is C27H42O. The Kier molecular flexibility index (Phi) is 5.43. The summed E-state index contributed by atoms with van der Waals surface area (Å²) in [5.41, 5.74) is 6.04. The van der Waals surface area contributed by atoms with Crippen LogP contribution in [0.25, 0.3) is 0 Å². The van der Waals surface area contributed by atoms with Crippen LogP contribution < -0.4 is 0 Å². The van der Waals surface area contributed by atoms with Crippen LogP contribution in [0.4, 0.5) is 0 Å². The van der Waals surface area contributed by atoms with Crippen LogP contribution in [0.3, 0.4) is 0 Å². The van der Waals surface area contributed by atoms with Gasteiger partial charge in [-0.2, -0.15) is 0 Å². The van der Waals surface area contributed by atoms with Crippen molar-refractivity contribution in [2.24, 2.45) is 34.5 Å². The molecule has 6 atom stereocenters. The lowest BCUT2D eigenvalue weighted by Gasteiger charge is -2.54. The molecule has 28 heavy (non-hydrogen) atoms. The zero-order chi connectivity index (χ0) is 20.1. The van der Waals surface area contributed by atoms with Gasteiger partial charge in [-0.3, -0.25) is 4.79 Å². The van der Waals surface area contributed by atoms with Crippen molar-refractivity contribution in [3.8, 4) is 0 Å². The molecule has 4 rings (SSSR count). The maximum absolute atomic E-state index is 12.1. The molecule has 0 saturated heterocycles. The topological polar surface area (TPSA) is 17.1 Å². The Morgan fingerprint density at radius 2 is 1.89 bits per heavy atom. The molecule has 0 bridgehead atoms. The third-order valence-corrected chi connectivity index (χ3v) is 9.74. The minimum absolute atomic E-state index is 0.343. The average molecular weight is 383 g/mol. The van der Waals surface area contributed by atoms with Gasteiger partial charge in [-0.25, -0.2) is 0 Å². The first-order valence-electron chi connectivity index (χ1n) is 12.1. The summed E-state index contributed by atoms with van der Waals surface area (Å²) in [4.78, 5) is 12.1. The molecule has 0 spiro atoms. The third kappa shape index (κ3) is 3.25. The van der Waals surface area contributed by atoms with Crippen LogP contribution in [0, 0.1) is 34.5 Å². The van der Waals surface area contributed by atoms with E-state index in [1.807, 2.05) is 11.1 Å². The minimum atomic E-state index is 0.343. The lowest BCUT2D eigenvalue weighted by Crippen LogP contribution is -2.45. The normalized spacial score (nSPS) is 41.2. The number of fused-ring (bicyclic) bond motifs is 4. The van der Waals surface area contributed by atoms with Gasteiger partial charge in [0.2, 0.25) is 0 Å². The van der Waals surface area contributed by atoms with Gasteiger partial charge >= 0.3 is 0 Å². The lowest BCUT2D eigenvalue weighted by atomic mass is 9.50. The summed E-state index contributed by atoms with van der Waals surface area (Å²) >= 11 is 0. The van der Waals surface area contributed by atoms with Crippen LogP contribution in [-0.2, 0) is 4.79 Å². The molecule has 0 heterocycles. The fourth-order valence-corrected chi connectivity index (χ4v) is 8.06. The van der Waals surface area contributed by atoms with Crippen molar-refractivity contribution in [2.45, 2.75) is 105 Å². The maximum atomic E-state index is 12.1. The van der Waals surface area contributed by atoms with Crippen LogP contribution in [0.5, 0.6) is 0 Å². The number of allylic oxidation sites excluding steroid dienone is 4. The predicted octanol–water partition coefficient (Wildman–Crippen LogP) is 7.66. The Morgan fingerprint density at radius 1 is 1.11 bits per heavy atom. The molecule has 0 aromatic carbocycles. The molecule has 0 aromatic heterocycles. The number of carbonyl (C=O) groups is 1. The van der Waals surface area contributed by atoms with Gasteiger partial charge in [0, 0.05) is 12.8 Å². The van der Waals surface area contributed by atoms with E-state index in [9.17, 15) is 4.79 Å². The number of rotatable bonds is 4. The van der Waals surface area contributed by atoms with E-state index in [-0.39, 0.29) is 0 Å². The summed E-state index contributed by atoms with van der Waals surface area (Å²) in [6.07, 6.45) is 16.0. The summed E-state index contributed by atoms with van der Waals surface area (Å²) in [5, 5.41) is 0. The Bertz CT molecular complexity index is 693. The van der Waals surface area contributed by atoms with Crippen molar-refractivity contribution < 1.29 is 4.79 Å². The van der Waals surface area contributed by atoms with E-state index in [1.165, 1.54) is 56.9 Å². The van der Waals surface area contributed by atoms with Crippen LogP contribution in [0.1, 0.15) is 105 Å². The second-order valence-corrected chi connectivity index (χ2v) is 11.5. The molecule has 156 valence electrons. The first-order chi connectivity index (χ1) is 13.3. The monoisotopic (exact) mass is 382 g/mol. The number of hydrogen-bond acceptors (Lipinski definition) is 1. The standard InChI is InChI=1S/C27H42O/c1-18(2)7-6-8-19(3)23-11-12-24-22-10-9-20-17-21(28)13-15-26(20,4)25(22)14-16-27(23,24)5/h7,19-20,23-24H,6,8-17H2,1-5H3/t19-,20?,23?,24?,26+,27-/m1/s1. The van der Waals surface area contributed by atoms with Crippen LogP contribution in [0.15, 0.2) is 22.8 Å². The van der Waals surface area contributed by atoms with Gasteiger partial charge in [0.05, 0.1) is 0 Å². The molecule has 0 amide bonds. The van der Waals surface area contributed by atoms with Crippen molar-refractivity contribution in [2.75, 3.05) is 0 Å². The number of hydrogen-bond donors (Lipinski definition) is 0. The first-order valence-corrected chi connectivity index (χ1v) is 12.1. The zero-order valence-corrected chi connectivity index (χ0v) is 19.1. The first kappa shape index (κ1) is 20.4. The highest BCUT2D eigenvalue weighted by Crippen LogP contribution is 2.65. The Morgan fingerprint density at radius 3 is 2.64 bits per heavy atom. The van der Waals surface area contributed by atoms with E-state index in [4.69, 9.17) is 0 Å². The van der Waals surface area contributed by atoms with E-state index in [2.05, 4.69) is 40.7 Å². The maximum Gasteiger partial charge on any atom is 0.133 e. The van der Waals surface area contributed by atoms with Gasteiger partial charge in [-0.15, -0.1) is 0 Å². The molecular weight excluding hydrogens is 340 g/mol. The highest BCUT2D eigenvalue weighted by molar-refractivity contribution is 5.80. The molecule has 2 saturated carbocycles. The Balaban J connectivity index is 1.56. The molecule has 1 heteroatoms. The molecule has 4 aliphatic rings. The molecule has 4 aliphatic carbocycles. The van der Waals surface area contributed by atoms with E-state index >= 15 is 0 Å². The largest absolute Gasteiger partial charge is 0.300 e. The van der Waals surface area contributed by atoms with Crippen molar-refractivity contribution in [1.82, 2.24) is 0 Å². The smallest absolute Gasteiger partial charge is 0.133 e. The summed E-state index contributed by atoms with van der Waals surface area (Å²) in [7, 11) is 0. The molecule has 0 aliphatic heterocycles. The van der Waals surface area contributed by atoms with E-state index in [0.29, 0.717) is 22.5 Å². The lowest BCUT2D eigenvalue weighted by molar-refractivity contribution is -0.124. The summed E-state index contributed by atoms with van der Waals surface area (Å²) in [6.45, 7) is 12.2.